The molecule has 1 atom stereocenters. The molecule has 1 saturated heterocycles. The smallest absolute Gasteiger partial charge is 0.0593 e. The summed E-state index contributed by atoms with van der Waals surface area (Å²) in [7, 11) is 0. The van der Waals surface area contributed by atoms with Crippen molar-refractivity contribution >= 4 is 0 Å². The van der Waals surface area contributed by atoms with E-state index in [1.54, 1.807) is 0 Å². The molecule has 1 unspecified atom stereocenters. The molecule has 3 nitrogen and oxygen atoms in total. The number of rotatable bonds is 2. The molecule has 2 heterocycles. The molecule has 66 valence electrons. The van der Waals surface area contributed by atoms with Crippen LogP contribution in [-0.4, -0.2) is 22.9 Å². The van der Waals surface area contributed by atoms with Gasteiger partial charge in [0.05, 0.1) is 5.69 Å². The third kappa shape index (κ3) is 1.67. The van der Waals surface area contributed by atoms with Gasteiger partial charge in [-0.15, -0.1) is 0 Å². The van der Waals surface area contributed by atoms with Gasteiger partial charge in [-0.2, -0.15) is 5.10 Å². The first kappa shape index (κ1) is 7.80. The van der Waals surface area contributed by atoms with E-state index in [-0.39, 0.29) is 0 Å². The first-order valence-corrected chi connectivity index (χ1v) is 4.55. The largest absolute Gasteiger partial charge is 0.316 e. The molecule has 0 spiro atoms. The average molecular weight is 165 g/mol. The predicted molar refractivity (Wildman–Crippen MR) is 47.9 cm³/mol. The normalized spacial score (nSPS) is 23.2. The van der Waals surface area contributed by atoms with Crippen LogP contribution in [0, 0.1) is 12.8 Å². The summed E-state index contributed by atoms with van der Waals surface area (Å²) in [5, 5.41) is 7.72. The van der Waals surface area contributed by atoms with Gasteiger partial charge < -0.3 is 5.32 Å². The zero-order valence-electron chi connectivity index (χ0n) is 7.45. The Morgan fingerprint density at radius 1 is 1.75 bits per heavy atom. The Hall–Kier alpha value is -0.830. The summed E-state index contributed by atoms with van der Waals surface area (Å²) in [5.74, 6) is 0.782. The van der Waals surface area contributed by atoms with Crippen molar-refractivity contribution in [1.82, 2.24) is 15.1 Å². The van der Waals surface area contributed by atoms with Crippen molar-refractivity contribution in [3.63, 3.8) is 0 Å². The fourth-order valence-corrected chi connectivity index (χ4v) is 1.70. The number of hydrogen-bond donors (Lipinski definition) is 1. The summed E-state index contributed by atoms with van der Waals surface area (Å²) < 4.78 is 2.05. The molecule has 0 bridgehead atoms. The van der Waals surface area contributed by atoms with Gasteiger partial charge in [-0.1, -0.05) is 0 Å². The minimum atomic E-state index is 0.782. The van der Waals surface area contributed by atoms with Gasteiger partial charge in [-0.05, 0) is 38.4 Å². The SMILES string of the molecule is Cc1ccn(CC2CCNC2)n1. The van der Waals surface area contributed by atoms with Gasteiger partial charge in [0.25, 0.3) is 0 Å². The number of nitrogens with one attached hydrogen (secondary N) is 1. The Labute approximate surface area is 72.8 Å². The van der Waals surface area contributed by atoms with Crippen LogP contribution in [-0.2, 0) is 6.54 Å². The summed E-state index contributed by atoms with van der Waals surface area (Å²) in [6.45, 7) is 5.42. The Morgan fingerprint density at radius 3 is 3.25 bits per heavy atom. The maximum atomic E-state index is 4.36. The molecular formula is C9H15N3. The topological polar surface area (TPSA) is 29.9 Å². The van der Waals surface area contributed by atoms with E-state index in [0.717, 1.165) is 24.7 Å². The lowest BCUT2D eigenvalue weighted by atomic mass is 10.1. The highest BCUT2D eigenvalue weighted by Gasteiger charge is 2.14. The van der Waals surface area contributed by atoms with Crippen molar-refractivity contribution in [1.29, 1.82) is 0 Å². The molecule has 1 N–H and O–H groups in total. The molecule has 1 aromatic rings. The third-order valence-electron chi connectivity index (χ3n) is 2.38. The molecule has 0 radical (unpaired) electrons. The van der Waals surface area contributed by atoms with Gasteiger partial charge >= 0.3 is 0 Å². The Kier molecular flexibility index (Phi) is 2.13. The van der Waals surface area contributed by atoms with Gasteiger partial charge in [0.15, 0.2) is 0 Å². The summed E-state index contributed by atoms with van der Waals surface area (Å²) >= 11 is 0. The zero-order chi connectivity index (χ0) is 8.39. The number of aryl methyl sites for hydroxylation is 1. The standard InChI is InChI=1S/C9H15N3/c1-8-3-5-12(11-8)7-9-2-4-10-6-9/h3,5,9-10H,2,4,6-7H2,1H3. The molecule has 3 heteroatoms. The maximum Gasteiger partial charge on any atom is 0.0593 e. The average Bonchev–Trinajstić information content (AvgIpc) is 2.63. The summed E-state index contributed by atoms with van der Waals surface area (Å²) in [6.07, 6.45) is 3.35. The molecule has 1 aromatic heterocycles. The highest BCUT2D eigenvalue weighted by atomic mass is 15.3. The fraction of sp³-hybridized carbons (Fsp3) is 0.667. The van der Waals surface area contributed by atoms with Gasteiger partial charge in [0.1, 0.15) is 0 Å². The number of aromatic nitrogens is 2. The molecule has 0 amide bonds. The van der Waals surface area contributed by atoms with Crippen LogP contribution >= 0.6 is 0 Å². The maximum absolute atomic E-state index is 4.36. The van der Waals surface area contributed by atoms with Crippen LogP contribution in [0.15, 0.2) is 12.3 Å². The Balaban J connectivity index is 1.94. The predicted octanol–water partition coefficient (Wildman–Crippen LogP) is 0.801. The van der Waals surface area contributed by atoms with Crippen molar-refractivity contribution in [3.8, 4) is 0 Å². The van der Waals surface area contributed by atoms with Crippen LogP contribution in [0.5, 0.6) is 0 Å². The number of nitrogens with zero attached hydrogens (tertiary/aromatic N) is 2. The Bertz CT molecular complexity index is 248. The molecule has 1 aliphatic rings. The minimum Gasteiger partial charge on any atom is -0.316 e. The summed E-state index contributed by atoms with van der Waals surface area (Å²) in [6, 6.07) is 2.06. The first-order chi connectivity index (χ1) is 5.84. The molecule has 1 aliphatic heterocycles. The van der Waals surface area contributed by atoms with E-state index in [1.165, 1.54) is 13.0 Å². The van der Waals surface area contributed by atoms with Crippen molar-refractivity contribution in [2.75, 3.05) is 13.1 Å². The van der Waals surface area contributed by atoms with Gasteiger partial charge in [-0.3, -0.25) is 4.68 Å². The number of hydrogen-bond acceptors (Lipinski definition) is 2. The van der Waals surface area contributed by atoms with Gasteiger partial charge in [0.2, 0.25) is 0 Å². The van der Waals surface area contributed by atoms with Crippen LogP contribution in [0.3, 0.4) is 0 Å². The van der Waals surface area contributed by atoms with Crippen LogP contribution in [0.4, 0.5) is 0 Å². The lowest BCUT2D eigenvalue weighted by Gasteiger charge is -2.07. The highest BCUT2D eigenvalue weighted by Crippen LogP contribution is 2.09. The molecule has 0 aromatic carbocycles. The van der Waals surface area contributed by atoms with Gasteiger partial charge in [-0.25, -0.2) is 0 Å². The molecule has 0 saturated carbocycles. The first-order valence-electron chi connectivity index (χ1n) is 4.55. The fourth-order valence-electron chi connectivity index (χ4n) is 1.70. The second-order valence-corrected chi connectivity index (χ2v) is 3.54. The van der Waals surface area contributed by atoms with E-state index in [2.05, 4.69) is 22.7 Å². The summed E-state index contributed by atoms with van der Waals surface area (Å²) in [5.41, 5.74) is 1.11. The lowest BCUT2D eigenvalue weighted by Crippen LogP contribution is -2.14. The quantitative estimate of drug-likeness (QED) is 0.702. The second-order valence-electron chi connectivity index (χ2n) is 3.54. The van der Waals surface area contributed by atoms with E-state index in [4.69, 9.17) is 0 Å². The Morgan fingerprint density at radius 2 is 2.67 bits per heavy atom. The van der Waals surface area contributed by atoms with Crippen molar-refractivity contribution in [3.05, 3.63) is 18.0 Å². The van der Waals surface area contributed by atoms with Crippen LogP contribution in [0.1, 0.15) is 12.1 Å². The van der Waals surface area contributed by atoms with Crippen molar-refractivity contribution < 1.29 is 0 Å². The van der Waals surface area contributed by atoms with Crippen molar-refractivity contribution in [2.24, 2.45) is 5.92 Å². The molecule has 0 aliphatic carbocycles. The third-order valence-corrected chi connectivity index (χ3v) is 2.38. The summed E-state index contributed by atoms with van der Waals surface area (Å²) in [4.78, 5) is 0. The van der Waals surface area contributed by atoms with E-state index in [9.17, 15) is 0 Å². The molecule has 12 heavy (non-hydrogen) atoms. The van der Waals surface area contributed by atoms with E-state index in [0.29, 0.717) is 0 Å². The lowest BCUT2D eigenvalue weighted by molar-refractivity contribution is 0.448. The molecular weight excluding hydrogens is 150 g/mol. The monoisotopic (exact) mass is 165 g/mol. The van der Waals surface area contributed by atoms with Crippen LogP contribution in [0.2, 0.25) is 0 Å². The minimum absolute atomic E-state index is 0.782. The van der Waals surface area contributed by atoms with Crippen LogP contribution in [0.25, 0.3) is 0 Å². The molecule has 2 rings (SSSR count). The second kappa shape index (κ2) is 3.27. The zero-order valence-corrected chi connectivity index (χ0v) is 7.45. The van der Waals surface area contributed by atoms with E-state index >= 15 is 0 Å². The van der Waals surface area contributed by atoms with Crippen LogP contribution < -0.4 is 5.32 Å². The molecule has 1 fully saturated rings. The van der Waals surface area contributed by atoms with Gasteiger partial charge in [0, 0.05) is 12.7 Å². The highest BCUT2D eigenvalue weighted by molar-refractivity contribution is 4.95. The van der Waals surface area contributed by atoms with E-state index in [1.807, 2.05) is 11.6 Å². The van der Waals surface area contributed by atoms with E-state index < -0.39 is 0 Å². The van der Waals surface area contributed by atoms with Crippen molar-refractivity contribution in [2.45, 2.75) is 19.9 Å².